The van der Waals surface area contributed by atoms with E-state index in [2.05, 4.69) is 39.2 Å². The predicted octanol–water partition coefficient (Wildman–Crippen LogP) is 2.82. The van der Waals surface area contributed by atoms with E-state index in [1.165, 1.54) is 6.92 Å². The van der Waals surface area contributed by atoms with Crippen molar-refractivity contribution in [3.63, 3.8) is 0 Å². The van der Waals surface area contributed by atoms with Gasteiger partial charge in [0.05, 0.1) is 19.3 Å². The zero-order chi connectivity index (χ0) is 20.2. The highest BCUT2D eigenvalue weighted by Crippen LogP contribution is 2.39. The summed E-state index contributed by atoms with van der Waals surface area (Å²) < 4.78 is 18.0. The Morgan fingerprint density at radius 3 is 2.44 bits per heavy atom. The van der Waals surface area contributed by atoms with Gasteiger partial charge in [-0.3, -0.25) is 4.79 Å². The molecule has 1 amide bonds. The monoisotopic (exact) mass is 395 g/mol. The standard InChI is InChI=1S/C20H33NO5Si/c1-14(22)21-17-18(26-27(5,6)20(2,3)4)16(25-19(17)23)13-24-12-15-10-8-7-9-11-15/h7-11,16-19,23H,12-13H2,1-6H3,(H,21,22)/t16-,17?,18+,19-/m1/s1. The van der Waals surface area contributed by atoms with Crippen molar-refractivity contribution in [3.8, 4) is 0 Å². The number of ether oxygens (including phenoxy) is 2. The summed E-state index contributed by atoms with van der Waals surface area (Å²) in [5.41, 5.74) is 1.07. The molecule has 6 nitrogen and oxygen atoms in total. The van der Waals surface area contributed by atoms with Crippen molar-refractivity contribution >= 4 is 14.2 Å². The molecule has 0 saturated carbocycles. The molecule has 1 heterocycles. The number of rotatable bonds is 7. The van der Waals surface area contributed by atoms with Crippen LogP contribution in [0.25, 0.3) is 0 Å². The lowest BCUT2D eigenvalue weighted by molar-refractivity contribution is -0.129. The van der Waals surface area contributed by atoms with Crippen LogP contribution in [0.15, 0.2) is 30.3 Å². The van der Waals surface area contributed by atoms with Crippen molar-refractivity contribution in [2.45, 2.75) is 77.0 Å². The summed E-state index contributed by atoms with van der Waals surface area (Å²) >= 11 is 0. The van der Waals surface area contributed by atoms with Crippen molar-refractivity contribution in [2.75, 3.05) is 6.61 Å². The number of hydrogen-bond donors (Lipinski definition) is 2. The fourth-order valence-corrected chi connectivity index (χ4v) is 4.12. The normalized spacial score (nSPS) is 26.2. The van der Waals surface area contributed by atoms with E-state index in [0.29, 0.717) is 6.61 Å². The Morgan fingerprint density at radius 2 is 1.89 bits per heavy atom. The van der Waals surface area contributed by atoms with Crippen LogP contribution in [0.4, 0.5) is 0 Å². The van der Waals surface area contributed by atoms with Crippen LogP contribution in [0, 0.1) is 0 Å². The molecule has 1 fully saturated rings. The van der Waals surface area contributed by atoms with Crippen LogP contribution < -0.4 is 5.32 Å². The highest BCUT2D eigenvalue weighted by Gasteiger charge is 2.50. The van der Waals surface area contributed by atoms with Gasteiger partial charge < -0.3 is 24.3 Å². The smallest absolute Gasteiger partial charge is 0.217 e. The van der Waals surface area contributed by atoms with Crippen molar-refractivity contribution < 1.29 is 23.8 Å². The first kappa shape index (κ1) is 22.0. The first-order valence-electron chi connectivity index (χ1n) is 9.41. The van der Waals surface area contributed by atoms with E-state index >= 15 is 0 Å². The molecule has 2 N–H and O–H groups in total. The molecule has 1 saturated heterocycles. The summed E-state index contributed by atoms with van der Waals surface area (Å²) in [7, 11) is -2.14. The second-order valence-corrected chi connectivity index (χ2v) is 13.4. The molecule has 1 aliphatic rings. The van der Waals surface area contributed by atoms with Gasteiger partial charge >= 0.3 is 0 Å². The summed E-state index contributed by atoms with van der Waals surface area (Å²) in [6.45, 7) is 12.9. The molecular weight excluding hydrogens is 362 g/mol. The van der Waals surface area contributed by atoms with Gasteiger partial charge in [0.1, 0.15) is 12.1 Å². The molecule has 1 aromatic rings. The molecule has 0 spiro atoms. The largest absolute Gasteiger partial charge is 0.409 e. The van der Waals surface area contributed by atoms with Crippen LogP contribution in [0.5, 0.6) is 0 Å². The molecule has 4 atom stereocenters. The van der Waals surface area contributed by atoms with Gasteiger partial charge in [0, 0.05) is 6.92 Å². The van der Waals surface area contributed by atoms with Gasteiger partial charge in [-0.1, -0.05) is 51.1 Å². The summed E-state index contributed by atoms with van der Waals surface area (Å²) in [4.78, 5) is 11.6. The Morgan fingerprint density at radius 1 is 1.26 bits per heavy atom. The minimum absolute atomic E-state index is 0.00321. The van der Waals surface area contributed by atoms with E-state index in [0.717, 1.165) is 5.56 Å². The third-order valence-electron chi connectivity index (χ3n) is 5.34. The molecule has 152 valence electrons. The molecule has 0 radical (unpaired) electrons. The highest BCUT2D eigenvalue weighted by molar-refractivity contribution is 6.74. The van der Waals surface area contributed by atoms with Crippen molar-refractivity contribution in [1.82, 2.24) is 5.32 Å². The van der Waals surface area contributed by atoms with Crippen LogP contribution >= 0.6 is 0 Å². The van der Waals surface area contributed by atoms with E-state index < -0.39 is 32.9 Å². The summed E-state index contributed by atoms with van der Waals surface area (Å²) in [6, 6.07) is 9.26. The molecule has 0 aliphatic carbocycles. The highest BCUT2D eigenvalue weighted by atomic mass is 28.4. The number of aliphatic hydroxyl groups is 1. The van der Waals surface area contributed by atoms with Gasteiger partial charge in [-0.05, 0) is 23.7 Å². The summed E-state index contributed by atoms with van der Waals surface area (Å²) in [5.74, 6) is -0.225. The molecule has 1 aliphatic heterocycles. The van der Waals surface area contributed by atoms with Gasteiger partial charge in [-0.15, -0.1) is 0 Å². The Bertz CT molecular complexity index is 617. The van der Waals surface area contributed by atoms with Gasteiger partial charge in [0.2, 0.25) is 5.91 Å². The van der Waals surface area contributed by atoms with Crippen LogP contribution in [0.2, 0.25) is 18.1 Å². The average Bonchev–Trinajstić information content (AvgIpc) is 2.82. The number of hydrogen-bond acceptors (Lipinski definition) is 5. The topological polar surface area (TPSA) is 77.0 Å². The van der Waals surface area contributed by atoms with Gasteiger partial charge in [-0.2, -0.15) is 0 Å². The van der Waals surface area contributed by atoms with E-state index in [-0.39, 0.29) is 17.6 Å². The number of amides is 1. The number of carbonyl (C=O) groups is 1. The minimum Gasteiger partial charge on any atom is -0.409 e. The molecule has 0 aromatic heterocycles. The number of aliphatic hydroxyl groups excluding tert-OH is 1. The third-order valence-corrected chi connectivity index (χ3v) is 9.82. The van der Waals surface area contributed by atoms with Crippen LogP contribution in [-0.4, -0.2) is 50.5 Å². The first-order chi connectivity index (χ1) is 12.5. The Kier molecular flexibility index (Phi) is 7.21. The summed E-state index contributed by atoms with van der Waals surface area (Å²) in [6.07, 6.45) is -2.02. The number of nitrogens with one attached hydrogen (secondary N) is 1. The average molecular weight is 396 g/mol. The zero-order valence-corrected chi connectivity index (χ0v) is 18.2. The Labute approximate surface area is 163 Å². The predicted molar refractivity (Wildman–Crippen MR) is 107 cm³/mol. The fraction of sp³-hybridized carbons (Fsp3) is 0.650. The quantitative estimate of drug-likeness (QED) is 0.694. The van der Waals surface area contributed by atoms with E-state index in [9.17, 15) is 9.90 Å². The maximum atomic E-state index is 11.6. The van der Waals surface area contributed by atoms with Crippen molar-refractivity contribution in [3.05, 3.63) is 35.9 Å². The van der Waals surface area contributed by atoms with Crippen molar-refractivity contribution in [1.29, 1.82) is 0 Å². The minimum atomic E-state index is -2.14. The van der Waals surface area contributed by atoms with Crippen LogP contribution in [0.1, 0.15) is 33.3 Å². The SMILES string of the molecule is CC(=O)NC1[C@H](O)O[C@H](COCc2ccccc2)[C@@H]1O[Si](C)(C)C(C)(C)C. The summed E-state index contributed by atoms with van der Waals surface area (Å²) in [5, 5.41) is 13.1. The first-order valence-corrected chi connectivity index (χ1v) is 12.3. The number of benzene rings is 1. The second-order valence-electron chi connectivity index (χ2n) is 8.63. The fourth-order valence-electron chi connectivity index (χ4n) is 2.79. The molecule has 2 rings (SSSR count). The van der Waals surface area contributed by atoms with E-state index in [4.69, 9.17) is 13.9 Å². The molecule has 0 bridgehead atoms. The van der Waals surface area contributed by atoms with Gasteiger partial charge in [-0.25, -0.2) is 0 Å². The maximum absolute atomic E-state index is 11.6. The lowest BCUT2D eigenvalue weighted by Crippen LogP contribution is -2.54. The zero-order valence-electron chi connectivity index (χ0n) is 17.2. The van der Waals surface area contributed by atoms with Crippen LogP contribution in [0.3, 0.4) is 0 Å². The van der Waals surface area contributed by atoms with Gasteiger partial charge in [0.25, 0.3) is 0 Å². The molecule has 7 heteroatoms. The number of carbonyl (C=O) groups excluding carboxylic acids is 1. The van der Waals surface area contributed by atoms with E-state index in [1.54, 1.807) is 0 Å². The molecule has 27 heavy (non-hydrogen) atoms. The molecular formula is C20H33NO5Si. The lowest BCUT2D eigenvalue weighted by Gasteiger charge is -2.40. The Balaban J connectivity index is 2.09. The third kappa shape index (κ3) is 5.86. The van der Waals surface area contributed by atoms with Crippen LogP contribution in [-0.2, 0) is 25.3 Å². The lowest BCUT2D eigenvalue weighted by atomic mass is 10.1. The van der Waals surface area contributed by atoms with E-state index in [1.807, 2.05) is 30.3 Å². The molecule has 1 unspecified atom stereocenters. The second kappa shape index (κ2) is 8.83. The maximum Gasteiger partial charge on any atom is 0.217 e. The van der Waals surface area contributed by atoms with Gasteiger partial charge in [0.15, 0.2) is 14.6 Å². The van der Waals surface area contributed by atoms with Crippen molar-refractivity contribution in [2.24, 2.45) is 0 Å². The Hall–Kier alpha value is -1.25. The molecule has 1 aromatic carbocycles.